The molecule has 1 saturated heterocycles. The highest BCUT2D eigenvalue weighted by Crippen LogP contribution is 2.30. The largest absolute Gasteiger partial charge is 0.416 e. The SMILES string of the molecule is COC1CCCN(Nc2cccc(C(F)(F)F)c2)C1. The predicted octanol–water partition coefficient (Wildman–Crippen LogP) is 3.14. The molecule has 1 aromatic rings. The molecule has 6 heteroatoms. The van der Waals surface area contributed by atoms with E-state index in [1.807, 2.05) is 5.01 Å². The molecule has 0 aromatic heterocycles. The number of ether oxygens (including phenoxy) is 1. The van der Waals surface area contributed by atoms with Gasteiger partial charge in [0.1, 0.15) is 0 Å². The van der Waals surface area contributed by atoms with Crippen molar-refractivity contribution in [3.8, 4) is 0 Å². The average molecular weight is 274 g/mol. The summed E-state index contributed by atoms with van der Waals surface area (Å²) in [5.41, 5.74) is 2.82. The van der Waals surface area contributed by atoms with Gasteiger partial charge in [-0.3, -0.25) is 0 Å². The number of rotatable bonds is 3. The smallest absolute Gasteiger partial charge is 0.380 e. The minimum absolute atomic E-state index is 0.132. The second kappa shape index (κ2) is 5.79. The maximum atomic E-state index is 12.6. The summed E-state index contributed by atoms with van der Waals surface area (Å²) in [6, 6.07) is 5.23. The van der Waals surface area contributed by atoms with Gasteiger partial charge in [0.2, 0.25) is 0 Å². The van der Waals surface area contributed by atoms with Crippen LogP contribution in [0.4, 0.5) is 18.9 Å². The molecule has 1 N–H and O–H groups in total. The lowest BCUT2D eigenvalue weighted by Crippen LogP contribution is -2.42. The summed E-state index contributed by atoms with van der Waals surface area (Å²) in [5.74, 6) is 0. The Bertz CT molecular complexity index is 423. The maximum Gasteiger partial charge on any atom is 0.416 e. The van der Waals surface area contributed by atoms with Crippen LogP contribution in [-0.4, -0.2) is 31.3 Å². The Morgan fingerprint density at radius 1 is 1.37 bits per heavy atom. The van der Waals surface area contributed by atoms with E-state index in [9.17, 15) is 13.2 Å². The van der Waals surface area contributed by atoms with Crippen LogP contribution in [0.5, 0.6) is 0 Å². The minimum Gasteiger partial charge on any atom is -0.380 e. The van der Waals surface area contributed by atoms with Crippen molar-refractivity contribution in [2.24, 2.45) is 0 Å². The molecule has 0 saturated carbocycles. The molecular weight excluding hydrogens is 257 g/mol. The Morgan fingerprint density at radius 3 is 2.84 bits per heavy atom. The van der Waals surface area contributed by atoms with E-state index in [1.165, 1.54) is 6.07 Å². The van der Waals surface area contributed by atoms with Gasteiger partial charge in [-0.1, -0.05) is 6.07 Å². The van der Waals surface area contributed by atoms with Gasteiger partial charge in [-0.2, -0.15) is 13.2 Å². The lowest BCUT2D eigenvalue weighted by atomic mass is 10.1. The summed E-state index contributed by atoms with van der Waals surface area (Å²) >= 11 is 0. The molecule has 1 aliphatic rings. The van der Waals surface area contributed by atoms with E-state index in [0.717, 1.165) is 31.5 Å². The first-order chi connectivity index (χ1) is 8.99. The van der Waals surface area contributed by atoms with Crippen molar-refractivity contribution < 1.29 is 17.9 Å². The molecular formula is C13H17F3N2O. The zero-order valence-electron chi connectivity index (χ0n) is 10.7. The standard InChI is InChI=1S/C13H17F3N2O/c1-19-12-6-3-7-18(9-12)17-11-5-2-4-10(8-11)13(14,15)16/h2,4-5,8,12,17H,3,6-7,9H2,1H3. The molecule has 1 heterocycles. The highest BCUT2D eigenvalue weighted by atomic mass is 19.4. The maximum absolute atomic E-state index is 12.6. The Kier molecular flexibility index (Phi) is 4.31. The Hall–Kier alpha value is -1.27. The summed E-state index contributed by atoms with van der Waals surface area (Å²) in [6.45, 7) is 1.48. The lowest BCUT2D eigenvalue weighted by Gasteiger charge is -2.32. The molecule has 106 valence electrons. The number of alkyl halides is 3. The molecule has 3 nitrogen and oxygen atoms in total. The van der Waals surface area contributed by atoms with Crippen molar-refractivity contribution in [3.63, 3.8) is 0 Å². The second-order valence-corrected chi connectivity index (χ2v) is 4.64. The van der Waals surface area contributed by atoms with Crippen LogP contribution >= 0.6 is 0 Å². The van der Waals surface area contributed by atoms with Crippen LogP contribution in [-0.2, 0) is 10.9 Å². The summed E-state index contributed by atoms with van der Waals surface area (Å²) in [6.07, 6.45) is -2.23. The van der Waals surface area contributed by atoms with Crippen molar-refractivity contribution in [1.29, 1.82) is 0 Å². The van der Waals surface area contributed by atoms with Gasteiger partial charge in [-0.05, 0) is 31.0 Å². The summed E-state index contributed by atoms with van der Waals surface area (Å²) in [5, 5.41) is 1.90. The molecule has 1 aliphatic heterocycles. The van der Waals surface area contributed by atoms with Crippen molar-refractivity contribution in [3.05, 3.63) is 29.8 Å². The first-order valence-corrected chi connectivity index (χ1v) is 6.20. The first-order valence-electron chi connectivity index (χ1n) is 6.20. The molecule has 19 heavy (non-hydrogen) atoms. The Labute approximate surface area is 110 Å². The molecule has 1 fully saturated rings. The molecule has 0 bridgehead atoms. The average Bonchev–Trinajstić information content (AvgIpc) is 2.38. The van der Waals surface area contributed by atoms with Crippen molar-refractivity contribution >= 4 is 5.69 Å². The third-order valence-corrected chi connectivity index (χ3v) is 3.19. The van der Waals surface area contributed by atoms with Gasteiger partial charge in [-0.15, -0.1) is 0 Å². The number of anilines is 1. The van der Waals surface area contributed by atoms with E-state index >= 15 is 0 Å². The minimum atomic E-state index is -4.31. The molecule has 1 aromatic carbocycles. The number of piperidine rings is 1. The fourth-order valence-corrected chi connectivity index (χ4v) is 2.18. The number of nitrogens with one attached hydrogen (secondary N) is 1. The lowest BCUT2D eigenvalue weighted by molar-refractivity contribution is -0.137. The van der Waals surface area contributed by atoms with Crippen LogP contribution < -0.4 is 5.43 Å². The van der Waals surface area contributed by atoms with Gasteiger partial charge >= 0.3 is 6.18 Å². The molecule has 0 radical (unpaired) electrons. The number of methoxy groups -OCH3 is 1. The van der Waals surface area contributed by atoms with Crippen LogP contribution in [0.2, 0.25) is 0 Å². The van der Waals surface area contributed by atoms with Crippen molar-refractivity contribution in [2.75, 3.05) is 25.6 Å². The van der Waals surface area contributed by atoms with Gasteiger partial charge in [0.15, 0.2) is 0 Å². The highest BCUT2D eigenvalue weighted by molar-refractivity contribution is 5.45. The van der Waals surface area contributed by atoms with Gasteiger partial charge in [0.05, 0.1) is 11.7 Å². The molecule has 0 spiro atoms. The van der Waals surface area contributed by atoms with E-state index < -0.39 is 11.7 Å². The van der Waals surface area contributed by atoms with Gasteiger partial charge in [0, 0.05) is 25.9 Å². The monoisotopic (exact) mass is 274 g/mol. The topological polar surface area (TPSA) is 24.5 Å². The van der Waals surface area contributed by atoms with E-state index in [1.54, 1.807) is 13.2 Å². The van der Waals surface area contributed by atoms with Gasteiger partial charge < -0.3 is 10.2 Å². The molecule has 1 atom stereocenters. The number of halogens is 3. The Morgan fingerprint density at radius 2 is 2.16 bits per heavy atom. The van der Waals surface area contributed by atoms with E-state index in [4.69, 9.17) is 4.74 Å². The van der Waals surface area contributed by atoms with Gasteiger partial charge in [0.25, 0.3) is 0 Å². The predicted molar refractivity (Wildman–Crippen MR) is 66.7 cm³/mol. The van der Waals surface area contributed by atoms with Crippen LogP contribution in [0.1, 0.15) is 18.4 Å². The molecule has 1 unspecified atom stereocenters. The highest BCUT2D eigenvalue weighted by Gasteiger charge is 2.30. The fraction of sp³-hybridized carbons (Fsp3) is 0.538. The molecule has 0 amide bonds. The van der Waals surface area contributed by atoms with Crippen molar-refractivity contribution in [2.45, 2.75) is 25.1 Å². The zero-order valence-corrected chi connectivity index (χ0v) is 10.7. The zero-order chi connectivity index (χ0) is 13.9. The summed E-state index contributed by atoms with van der Waals surface area (Å²) in [7, 11) is 1.65. The normalized spacial score (nSPS) is 21.4. The number of hydrogen-bond donors (Lipinski definition) is 1. The first kappa shape index (κ1) is 14.1. The number of benzene rings is 1. The molecule has 0 aliphatic carbocycles. The van der Waals surface area contributed by atoms with Crippen LogP contribution in [0.25, 0.3) is 0 Å². The van der Waals surface area contributed by atoms with Crippen LogP contribution in [0.15, 0.2) is 24.3 Å². The summed E-state index contributed by atoms with van der Waals surface area (Å²) in [4.78, 5) is 0. The van der Waals surface area contributed by atoms with Gasteiger partial charge in [-0.25, -0.2) is 5.01 Å². The summed E-state index contributed by atoms with van der Waals surface area (Å²) < 4.78 is 43.1. The number of hydrazine groups is 1. The van der Waals surface area contributed by atoms with Crippen molar-refractivity contribution in [1.82, 2.24) is 5.01 Å². The fourth-order valence-electron chi connectivity index (χ4n) is 2.18. The quantitative estimate of drug-likeness (QED) is 0.916. The third-order valence-electron chi connectivity index (χ3n) is 3.19. The van der Waals surface area contributed by atoms with E-state index in [-0.39, 0.29) is 6.10 Å². The number of hydrogen-bond acceptors (Lipinski definition) is 3. The molecule has 2 rings (SSSR count). The third kappa shape index (κ3) is 3.84. The number of nitrogens with zero attached hydrogens (tertiary/aromatic N) is 1. The second-order valence-electron chi connectivity index (χ2n) is 4.64. The van der Waals surface area contributed by atoms with E-state index in [2.05, 4.69) is 5.43 Å². The van der Waals surface area contributed by atoms with E-state index in [0.29, 0.717) is 12.2 Å². The van der Waals surface area contributed by atoms with Crippen LogP contribution in [0.3, 0.4) is 0 Å². The Balaban J connectivity index is 2.03. The van der Waals surface area contributed by atoms with Crippen LogP contribution in [0, 0.1) is 0 Å².